The van der Waals surface area contributed by atoms with Gasteiger partial charge in [-0.1, -0.05) is 275 Å². The maximum atomic E-state index is 13.4. The minimum absolute atomic E-state index is 0.240. The van der Waals surface area contributed by atoms with E-state index in [0.29, 0.717) is 12.8 Å². The zero-order valence-corrected chi connectivity index (χ0v) is 58.0. The molecule has 3 aliphatic rings. The third kappa shape index (κ3) is 37.1. The van der Waals surface area contributed by atoms with Crippen LogP contribution in [0.3, 0.4) is 0 Å². The predicted octanol–water partition coefficient (Wildman–Crippen LogP) is 11.2. The van der Waals surface area contributed by atoms with Crippen molar-refractivity contribution >= 4 is 5.91 Å². The topological polar surface area (TPSA) is 307 Å². The zero-order valence-electron chi connectivity index (χ0n) is 58.0. The number of carbonyl (C=O) groups is 1. The average Bonchev–Trinajstić information content (AvgIpc) is 0.805. The van der Waals surface area contributed by atoms with Crippen LogP contribution in [0.5, 0.6) is 0 Å². The lowest BCUT2D eigenvalue weighted by atomic mass is 9.96. The number of amides is 1. The van der Waals surface area contributed by atoms with Gasteiger partial charge in [0.05, 0.1) is 38.6 Å². The van der Waals surface area contributed by atoms with Gasteiger partial charge in [-0.2, -0.15) is 0 Å². The molecular weight excluding hydrogens is 1190 g/mol. The maximum absolute atomic E-state index is 13.4. The number of ether oxygens (including phenoxy) is 6. The van der Waals surface area contributed by atoms with Crippen LogP contribution >= 0.6 is 0 Å². The number of carbonyl (C=O) groups excluding carboxylic acids is 1. The first-order valence-corrected chi connectivity index (χ1v) is 37.7. The Morgan fingerprint density at radius 3 is 1.11 bits per heavy atom. The van der Waals surface area contributed by atoms with Crippen molar-refractivity contribution in [3.05, 3.63) is 36.5 Å². The van der Waals surface area contributed by atoms with E-state index in [-0.39, 0.29) is 18.9 Å². The van der Waals surface area contributed by atoms with Gasteiger partial charge < -0.3 is 89.9 Å². The van der Waals surface area contributed by atoms with Gasteiger partial charge in [0.2, 0.25) is 5.91 Å². The lowest BCUT2D eigenvalue weighted by Crippen LogP contribution is -2.66. The van der Waals surface area contributed by atoms with Crippen LogP contribution in [0.4, 0.5) is 0 Å². The second kappa shape index (κ2) is 55.8. The molecule has 546 valence electrons. The van der Waals surface area contributed by atoms with Gasteiger partial charge in [-0.3, -0.25) is 4.79 Å². The standard InChI is InChI=1S/C74H137NO18/c1-3-5-7-9-11-13-15-16-17-18-19-20-21-22-23-24-25-26-27-28-29-30-31-32-33-34-35-36-37-38-39-40-42-44-46-48-50-52-62(80)75-57(58(79)51-49-47-45-43-41-14-12-10-8-6-4-2)56-88-72-68(86)65(83)70(60(54-77)90-72)93-74-69(87)66(84)71(61(55-78)91-74)92-73-67(85)64(82)63(81)59(53-76)89-73/h15-16,18-19,21-22,57-61,63-74,76-79,81-87H,3-14,17,20,23-56H2,1-2H3,(H,75,80)/b16-15-,19-18-,22-21-. The first-order chi connectivity index (χ1) is 45.3. The fourth-order valence-corrected chi connectivity index (χ4v) is 12.9. The largest absolute Gasteiger partial charge is 0.394 e. The maximum Gasteiger partial charge on any atom is 0.220 e. The third-order valence-electron chi connectivity index (χ3n) is 19.0. The van der Waals surface area contributed by atoms with Crippen molar-refractivity contribution in [2.24, 2.45) is 0 Å². The van der Waals surface area contributed by atoms with Crippen molar-refractivity contribution < 1.29 is 89.4 Å². The quantitative estimate of drug-likeness (QED) is 0.0199. The molecule has 0 bridgehead atoms. The summed E-state index contributed by atoms with van der Waals surface area (Å²) in [5.41, 5.74) is 0. The second-order valence-electron chi connectivity index (χ2n) is 27.1. The summed E-state index contributed by atoms with van der Waals surface area (Å²) in [6.45, 7) is 1.79. The number of hydrogen-bond donors (Lipinski definition) is 12. The van der Waals surface area contributed by atoms with Gasteiger partial charge in [0.1, 0.15) is 73.2 Å². The molecule has 0 spiro atoms. The van der Waals surface area contributed by atoms with E-state index in [0.717, 1.165) is 57.8 Å². The van der Waals surface area contributed by atoms with Crippen LogP contribution in [0.15, 0.2) is 36.5 Å². The van der Waals surface area contributed by atoms with Gasteiger partial charge in [-0.15, -0.1) is 0 Å². The van der Waals surface area contributed by atoms with Crippen molar-refractivity contribution in [3.8, 4) is 0 Å². The molecule has 0 saturated carbocycles. The lowest BCUT2D eigenvalue weighted by Gasteiger charge is -2.48. The Morgan fingerprint density at radius 2 is 0.710 bits per heavy atom. The fourth-order valence-electron chi connectivity index (χ4n) is 12.9. The summed E-state index contributed by atoms with van der Waals surface area (Å²) in [7, 11) is 0. The van der Waals surface area contributed by atoms with Crippen molar-refractivity contribution in [1.82, 2.24) is 5.32 Å². The number of nitrogens with one attached hydrogen (secondary N) is 1. The summed E-state index contributed by atoms with van der Waals surface area (Å²) in [6, 6.07) is -0.884. The van der Waals surface area contributed by atoms with E-state index in [1.807, 2.05) is 0 Å². The second-order valence-corrected chi connectivity index (χ2v) is 27.1. The molecule has 19 heteroatoms. The van der Waals surface area contributed by atoms with E-state index in [2.05, 4.69) is 55.6 Å². The summed E-state index contributed by atoms with van der Waals surface area (Å²) in [4.78, 5) is 13.4. The summed E-state index contributed by atoms with van der Waals surface area (Å²) in [6.07, 6.45) is 39.8. The summed E-state index contributed by atoms with van der Waals surface area (Å²) in [5.74, 6) is -0.240. The zero-order chi connectivity index (χ0) is 67.5. The van der Waals surface area contributed by atoms with Gasteiger partial charge in [0, 0.05) is 6.42 Å². The third-order valence-corrected chi connectivity index (χ3v) is 19.0. The highest BCUT2D eigenvalue weighted by atomic mass is 16.8. The van der Waals surface area contributed by atoms with E-state index in [9.17, 15) is 61.0 Å². The minimum atomic E-state index is -1.97. The average molecular weight is 1330 g/mol. The molecule has 0 aromatic rings. The molecule has 3 rings (SSSR count). The number of rotatable bonds is 59. The Hall–Kier alpha value is -1.99. The fraction of sp³-hybridized carbons (Fsp3) is 0.905. The first kappa shape index (κ1) is 85.2. The van der Waals surface area contributed by atoms with Crippen LogP contribution in [0, 0.1) is 0 Å². The SMILES string of the molecule is CCCCCCC/C=C\C/C=C\C/C=C\CCCCCCCCCCCCCCCCCCCCCCCCC(=O)NC(COC1OC(CO)C(OC2OC(CO)C(OC3OC(CO)C(O)C(O)C3O)C(O)C2O)C(O)C1O)C(O)CCCCCCCCCCCCC. The van der Waals surface area contributed by atoms with Crippen molar-refractivity contribution in [2.75, 3.05) is 26.4 Å². The monoisotopic (exact) mass is 1330 g/mol. The van der Waals surface area contributed by atoms with E-state index < -0.39 is 124 Å². The van der Waals surface area contributed by atoms with E-state index in [1.54, 1.807) is 0 Å². The molecule has 12 N–H and O–H groups in total. The Labute approximate surface area is 561 Å². The Kier molecular flexibility index (Phi) is 51.2. The number of hydrogen-bond acceptors (Lipinski definition) is 18. The molecule has 3 aliphatic heterocycles. The Morgan fingerprint density at radius 1 is 0.387 bits per heavy atom. The lowest BCUT2D eigenvalue weighted by molar-refractivity contribution is -0.379. The number of aliphatic hydroxyl groups excluding tert-OH is 11. The Balaban J connectivity index is 1.28. The molecule has 93 heavy (non-hydrogen) atoms. The van der Waals surface area contributed by atoms with Gasteiger partial charge in [-0.05, 0) is 51.4 Å². The molecule has 19 nitrogen and oxygen atoms in total. The molecule has 0 aliphatic carbocycles. The van der Waals surface area contributed by atoms with Crippen LogP contribution in [-0.2, 0) is 33.2 Å². The van der Waals surface area contributed by atoms with Crippen molar-refractivity contribution in [1.29, 1.82) is 0 Å². The van der Waals surface area contributed by atoms with Crippen LogP contribution < -0.4 is 5.32 Å². The molecular formula is C74H137NO18. The summed E-state index contributed by atoms with van der Waals surface area (Å²) in [5, 5.41) is 121. The van der Waals surface area contributed by atoms with Gasteiger partial charge in [-0.25, -0.2) is 0 Å². The van der Waals surface area contributed by atoms with Crippen molar-refractivity contribution in [3.63, 3.8) is 0 Å². The summed E-state index contributed by atoms with van der Waals surface area (Å²) < 4.78 is 34.4. The van der Waals surface area contributed by atoms with Gasteiger partial charge in [0.25, 0.3) is 0 Å². The summed E-state index contributed by atoms with van der Waals surface area (Å²) >= 11 is 0. The van der Waals surface area contributed by atoms with Crippen molar-refractivity contribution in [2.45, 2.75) is 401 Å². The number of aliphatic hydroxyl groups is 11. The molecule has 1 amide bonds. The molecule has 0 radical (unpaired) electrons. The highest BCUT2D eigenvalue weighted by Crippen LogP contribution is 2.33. The minimum Gasteiger partial charge on any atom is -0.394 e. The number of allylic oxidation sites excluding steroid dienone is 6. The van der Waals surface area contributed by atoms with E-state index in [4.69, 9.17) is 28.4 Å². The van der Waals surface area contributed by atoms with Crippen LogP contribution in [0.2, 0.25) is 0 Å². The number of unbranched alkanes of at least 4 members (excludes halogenated alkanes) is 37. The van der Waals surface area contributed by atoms with E-state index in [1.165, 1.54) is 205 Å². The smallest absolute Gasteiger partial charge is 0.220 e. The van der Waals surface area contributed by atoms with E-state index >= 15 is 0 Å². The van der Waals surface area contributed by atoms with Crippen LogP contribution in [0.1, 0.15) is 296 Å². The van der Waals surface area contributed by atoms with Gasteiger partial charge >= 0.3 is 0 Å². The molecule has 0 aromatic heterocycles. The molecule has 0 aromatic carbocycles. The molecule has 17 atom stereocenters. The van der Waals surface area contributed by atoms with Crippen LogP contribution in [-0.4, -0.2) is 193 Å². The molecule has 3 fully saturated rings. The Bertz CT molecular complexity index is 1830. The highest BCUT2D eigenvalue weighted by molar-refractivity contribution is 5.76. The predicted molar refractivity (Wildman–Crippen MR) is 365 cm³/mol. The highest BCUT2D eigenvalue weighted by Gasteiger charge is 2.53. The first-order valence-electron chi connectivity index (χ1n) is 37.7. The normalized spacial score (nSPS) is 27.7. The molecule has 17 unspecified atom stereocenters. The van der Waals surface area contributed by atoms with Gasteiger partial charge in [0.15, 0.2) is 18.9 Å². The molecule has 3 saturated heterocycles. The van der Waals surface area contributed by atoms with Crippen LogP contribution in [0.25, 0.3) is 0 Å². The molecule has 3 heterocycles.